The second-order valence-electron chi connectivity index (χ2n) is 7.63. The van der Waals surface area contributed by atoms with Crippen molar-refractivity contribution in [3.8, 4) is 0 Å². The number of hydrogen-bond acceptors (Lipinski definition) is 5. The highest BCUT2D eigenvalue weighted by Crippen LogP contribution is 2.21. The van der Waals surface area contributed by atoms with Gasteiger partial charge in [0.2, 0.25) is 0 Å². The topological polar surface area (TPSA) is 77.0 Å². The van der Waals surface area contributed by atoms with Crippen LogP contribution in [0.15, 0.2) is 47.5 Å². The number of likely N-dealkylation sites (tertiary alicyclic amines) is 1. The maximum Gasteiger partial charge on any atom is 0.274 e. The Morgan fingerprint density at radius 3 is 2.79 bits per heavy atom. The molecule has 0 aliphatic carbocycles. The van der Waals surface area contributed by atoms with Crippen LogP contribution in [0.5, 0.6) is 0 Å². The van der Waals surface area contributed by atoms with Gasteiger partial charge in [0.25, 0.3) is 5.56 Å². The molecule has 2 N–H and O–H groups in total. The molecule has 1 aliphatic rings. The Balaban J connectivity index is 1.68. The summed E-state index contributed by atoms with van der Waals surface area (Å²) < 4.78 is 1.65. The molecule has 1 saturated heterocycles. The molecule has 0 spiro atoms. The molecule has 29 heavy (non-hydrogen) atoms. The molecule has 0 unspecified atom stereocenters. The van der Waals surface area contributed by atoms with Crippen LogP contribution in [-0.2, 0) is 13.0 Å². The first-order valence-corrected chi connectivity index (χ1v) is 10.6. The van der Waals surface area contributed by atoms with Crippen molar-refractivity contribution in [2.75, 3.05) is 19.6 Å². The quantitative estimate of drug-likeness (QED) is 0.646. The summed E-state index contributed by atoms with van der Waals surface area (Å²) in [4.78, 5) is 19.8. The van der Waals surface area contributed by atoms with Gasteiger partial charge >= 0.3 is 0 Å². The van der Waals surface area contributed by atoms with E-state index >= 15 is 0 Å². The summed E-state index contributed by atoms with van der Waals surface area (Å²) in [5.41, 5.74) is 7.60. The van der Waals surface area contributed by atoms with Crippen molar-refractivity contribution in [2.45, 2.75) is 38.3 Å². The van der Waals surface area contributed by atoms with Gasteiger partial charge in [0.15, 0.2) is 0 Å². The van der Waals surface area contributed by atoms with Crippen molar-refractivity contribution < 1.29 is 0 Å². The van der Waals surface area contributed by atoms with E-state index in [4.69, 9.17) is 22.4 Å². The molecule has 7 heteroatoms. The summed E-state index contributed by atoms with van der Waals surface area (Å²) in [5, 5.41) is 6.97. The van der Waals surface area contributed by atoms with Gasteiger partial charge in [-0.25, -0.2) is 4.68 Å². The molecule has 1 aliphatic heterocycles. The minimum Gasteiger partial charge on any atom is -0.330 e. The first kappa shape index (κ1) is 20.0. The van der Waals surface area contributed by atoms with E-state index in [2.05, 4.69) is 9.88 Å². The highest BCUT2D eigenvalue weighted by atomic mass is 35.5. The van der Waals surface area contributed by atoms with Crippen LogP contribution in [0.3, 0.4) is 0 Å². The standard InChI is InChI=1S/C22H26ClN5O/c23-17-6-4-16(5-7-17)13-21-20-14-25-10-8-19(20)22(29)28(26-21)15-18-3-1-11-27(18)12-2-9-24/h4-8,10,14,18H,1-3,9,11-13,15,24H2/t18-/m1/s1. The van der Waals surface area contributed by atoms with Crippen LogP contribution in [0, 0.1) is 0 Å². The van der Waals surface area contributed by atoms with E-state index in [-0.39, 0.29) is 5.56 Å². The Kier molecular flexibility index (Phi) is 6.23. The number of hydrogen-bond donors (Lipinski definition) is 1. The van der Waals surface area contributed by atoms with Crippen LogP contribution in [0.25, 0.3) is 10.8 Å². The zero-order valence-corrected chi connectivity index (χ0v) is 17.2. The largest absolute Gasteiger partial charge is 0.330 e. The predicted octanol–water partition coefficient (Wildman–Crippen LogP) is 2.85. The minimum absolute atomic E-state index is 0.0482. The molecule has 1 atom stereocenters. The maximum absolute atomic E-state index is 13.1. The van der Waals surface area contributed by atoms with E-state index in [9.17, 15) is 4.79 Å². The van der Waals surface area contributed by atoms with Gasteiger partial charge in [-0.05, 0) is 62.7 Å². The van der Waals surface area contributed by atoms with E-state index in [0.29, 0.717) is 36.0 Å². The van der Waals surface area contributed by atoms with Crippen molar-refractivity contribution in [3.05, 3.63) is 69.4 Å². The molecule has 6 nitrogen and oxygen atoms in total. The van der Waals surface area contributed by atoms with Gasteiger partial charge in [-0.1, -0.05) is 23.7 Å². The van der Waals surface area contributed by atoms with Crippen LogP contribution in [0.1, 0.15) is 30.5 Å². The Morgan fingerprint density at radius 1 is 1.17 bits per heavy atom. The average molecular weight is 412 g/mol. The minimum atomic E-state index is -0.0482. The van der Waals surface area contributed by atoms with Gasteiger partial charge in [0.1, 0.15) is 0 Å². The molecule has 3 aromatic rings. The van der Waals surface area contributed by atoms with Gasteiger partial charge in [-0.15, -0.1) is 0 Å². The number of nitrogens with zero attached hydrogens (tertiary/aromatic N) is 4. The number of rotatable bonds is 7. The normalized spacial score (nSPS) is 17.2. The molecule has 0 bridgehead atoms. The van der Waals surface area contributed by atoms with Crippen molar-refractivity contribution in [2.24, 2.45) is 5.73 Å². The fourth-order valence-electron chi connectivity index (χ4n) is 4.14. The van der Waals surface area contributed by atoms with Gasteiger partial charge in [-0.3, -0.25) is 14.7 Å². The lowest BCUT2D eigenvalue weighted by Gasteiger charge is -2.24. The SMILES string of the molecule is NCCCN1CCC[C@@H]1Cn1nc(Cc2ccc(Cl)cc2)c2cnccc2c1=O. The van der Waals surface area contributed by atoms with Crippen molar-refractivity contribution in [3.63, 3.8) is 0 Å². The number of nitrogens with two attached hydrogens (primary N) is 1. The number of benzene rings is 1. The third-order valence-electron chi connectivity index (χ3n) is 5.66. The molecular formula is C22H26ClN5O. The van der Waals surface area contributed by atoms with E-state index in [1.54, 1.807) is 23.1 Å². The number of fused-ring (bicyclic) bond motifs is 1. The molecule has 3 heterocycles. The summed E-state index contributed by atoms with van der Waals surface area (Å²) >= 11 is 6.02. The summed E-state index contributed by atoms with van der Waals surface area (Å²) in [7, 11) is 0. The second kappa shape index (κ2) is 9.03. The molecule has 2 aromatic heterocycles. The van der Waals surface area contributed by atoms with Crippen molar-refractivity contribution in [1.29, 1.82) is 0 Å². The lowest BCUT2D eigenvalue weighted by atomic mass is 10.1. The molecule has 0 radical (unpaired) electrons. The predicted molar refractivity (Wildman–Crippen MR) is 116 cm³/mol. The van der Waals surface area contributed by atoms with Gasteiger partial charge < -0.3 is 5.73 Å². The number of aromatic nitrogens is 3. The van der Waals surface area contributed by atoms with E-state index in [1.165, 1.54) is 0 Å². The number of halogens is 1. The molecule has 152 valence electrons. The van der Waals surface area contributed by atoms with E-state index in [1.807, 2.05) is 24.3 Å². The summed E-state index contributed by atoms with van der Waals surface area (Å²) in [6.45, 7) is 3.34. The Bertz CT molecular complexity index is 1030. The summed E-state index contributed by atoms with van der Waals surface area (Å²) in [6.07, 6.45) is 7.25. The van der Waals surface area contributed by atoms with Crippen LogP contribution in [-0.4, -0.2) is 45.3 Å². The molecule has 1 aromatic carbocycles. The Labute approximate surface area is 175 Å². The zero-order chi connectivity index (χ0) is 20.2. The van der Waals surface area contributed by atoms with E-state index < -0.39 is 0 Å². The average Bonchev–Trinajstić information content (AvgIpc) is 3.18. The first-order valence-electron chi connectivity index (χ1n) is 10.2. The summed E-state index contributed by atoms with van der Waals surface area (Å²) in [6, 6.07) is 9.86. The molecule has 0 amide bonds. The smallest absolute Gasteiger partial charge is 0.274 e. The van der Waals surface area contributed by atoms with Crippen LogP contribution < -0.4 is 11.3 Å². The lowest BCUT2D eigenvalue weighted by Crippen LogP contribution is -2.38. The van der Waals surface area contributed by atoms with Crippen molar-refractivity contribution >= 4 is 22.4 Å². The van der Waals surface area contributed by atoms with E-state index in [0.717, 1.165) is 49.0 Å². The van der Waals surface area contributed by atoms with Gasteiger partial charge in [0.05, 0.1) is 17.6 Å². The zero-order valence-electron chi connectivity index (χ0n) is 16.4. The molecule has 0 saturated carbocycles. The monoisotopic (exact) mass is 411 g/mol. The first-order chi connectivity index (χ1) is 14.2. The van der Waals surface area contributed by atoms with Crippen LogP contribution in [0.4, 0.5) is 0 Å². The summed E-state index contributed by atoms with van der Waals surface area (Å²) in [5.74, 6) is 0. The van der Waals surface area contributed by atoms with Crippen LogP contribution in [0.2, 0.25) is 5.02 Å². The third-order valence-corrected chi connectivity index (χ3v) is 5.91. The highest BCUT2D eigenvalue weighted by molar-refractivity contribution is 6.30. The van der Waals surface area contributed by atoms with Crippen molar-refractivity contribution in [1.82, 2.24) is 19.7 Å². The highest BCUT2D eigenvalue weighted by Gasteiger charge is 2.25. The lowest BCUT2D eigenvalue weighted by molar-refractivity contribution is 0.223. The molecule has 1 fully saturated rings. The Hall–Kier alpha value is -2.28. The fourth-order valence-corrected chi connectivity index (χ4v) is 4.26. The molecule has 4 rings (SSSR count). The van der Waals surface area contributed by atoms with Crippen LogP contribution >= 0.6 is 11.6 Å². The maximum atomic E-state index is 13.1. The number of pyridine rings is 1. The molecular weight excluding hydrogens is 386 g/mol. The Morgan fingerprint density at radius 2 is 2.00 bits per heavy atom. The van der Waals surface area contributed by atoms with Gasteiger partial charge in [0, 0.05) is 35.3 Å². The third kappa shape index (κ3) is 4.50. The second-order valence-corrected chi connectivity index (χ2v) is 8.07. The fraction of sp³-hybridized carbons (Fsp3) is 0.409. The van der Waals surface area contributed by atoms with Gasteiger partial charge in [-0.2, -0.15) is 5.10 Å².